The number of phenolic OH excluding ortho intramolecular Hbond substituents is 1. The van der Waals surface area contributed by atoms with Crippen LogP contribution in [0.3, 0.4) is 0 Å². The lowest BCUT2D eigenvalue weighted by Gasteiger charge is -2.01. The summed E-state index contributed by atoms with van der Waals surface area (Å²) in [4.78, 5) is 8.62. The van der Waals surface area contributed by atoms with E-state index in [-0.39, 0.29) is 21.5 Å². The van der Waals surface area contributed by atoms with E-state index in [9.17, 15) is 10.4 Å². The van der Waals surface area contributed by atoms with E-state index in [0.717, 1.165) is 10.2 Å². The molecule has 1 aromatic heterocycles. The number of hydrogen-bond donors (Lipinski definition) is 1. The number of aromatic nitrogens is 1. The van der Waals surface area contributed by atoms with Gasteiger partial charge in [-0.15, -0.1) is 11.3 Å². The topological polar surface area (TPSA) is 69.3 Å². The standard InChI is InChI=1S/C15H7Cl2N3OS/c16-9-5-8(6-10(17)14(9)21)19-12(7-18)15-20-11-3-1-2-4-13(11)22-15/h1-6,21H/b19-12+. The van der Waals surface area contributed by atoms with Crippen LogP contribution >= 0.6 is 34.5 Å². The lowest BCUT2D eigenvalue weighted by atomic mass is 10.3. The number of aliphatic imine (C=N–C) groups is 1. The van der Waals surface area contributed by atoms with Crippen molar-refractivity contribution in [2.24, 2.45) is 4.99 Å². The minimum absolute atomic E-state index is 0.0767. The summed E-state index contributed by atoms with van der Waals surface area (Å²) in [6.45, 7) is 0. The van der Waals surface area contributed by atoms with Gasteiger partial charge in [0.1, 0.15) is 6.07 Å². The molecule has 0 aliphatic carbocycles. The van der Waals surface area contributed by atoms with Gasteiger partial charge in [0.15, 0.2) is 16.5 Å². The fourth-order valence-corrected chi connectivity index (χ4v) is 3.22. The highest BCUT2D eigenvalue weighted by molar-refractivity contribution is 7.20. The molecule has 4 nitrogen and oxygen atoms in total. The molecule has 0 unspecified atom stereocenters. The molecule has 0 radical (unpaired) electrons. The maximum absolute atomic E-state index is 9.55. The van der Waals surface area contributed by atoms with E-state index in [1.165, 1.54) is 23.5 Å². The lowest BCUT2D eigenvalue weighted by Crippen LogP contribution is -1.95. The highest BCUT2D eigenvalue weighted by Crippen LogP contribution is 2.36. The molecule has 0 saturated carbocycles. The SMILES string of the molecule is N#C/C(=N\c1cc(Cl)c(O)c(Cl)c1)c1nc2ccccc2s1. The Kier molecular flexibility index (Phi) is 3.99. The van der Waals surface area contributed by atoms with Gasteiger partial charge in [-0.2, -0.15) is 5.26 Å². The monoisotopic (exact) mass is 347 g/mol. The van der Waals surface area contributed by atoms with Gasteiger partial charge in [-0.05, 0) is 24.3 Å². The molecule has 0 aliphatic rings. The minimum atomic E-state index is -0.208. The molecule has 3 rings (SSSR count). The van der Waals surface area contributed by atoms with Crippen molar-refractivity contribution in [2.45, 2.75) is 0 Å². The molecule has 0 atom stereocenters. The van der Waals surface area contributed by atoms with Crippen LogP contribution in [0.1, 0.15) is 5.01 Å². The molecule has 0 bridgehead atoms. The maximum Gasteiger partial charge on any atom is 0.177 e. The van der Waals surface area contributed by atoms with Crippen LogP contribution in [-0.4, -0.2) is 15.8 Å². The van der Waals surface area contributed by atoms with E-state index in [4.69, 9.17) is 23.2 Å². The highest BCUT2D eigenvalue weighted by Gasteiger charge is 2.12. The molecule has 0 fully saturated rings. The molecule has 0 aliphatic heterocycles. The van der Waals surface area contributed by atoms with Crippen molar-refractivity contribution in [3.63, 3.8) is 0 Å². The molecule has 7 heteroatoms. The highest BCUT2D eigenvalue weighted by atomic mass is 35.5. The third-order valence-corrected chi connectivity index (χ3v) is 4.46. The Morgan fingerprint density at radius 2 is 1.91 bits per heavy atom. The van der Waals surface area contributed by atoms with E-state index in [1.54, 1.807) is 0 Å². The van der Waals surface area contributed by atoms with Crippen molar-refractivity contribution < 1.29 is 5.11 Å². The Morgan fingerprint density at radius 1 is 1.23 bits per heavy atom. The van der Waals surface area contributed by atoms with Gasteiger partial charge in [-0.25, -0.2) is 9.98 Å². The van der Waals surface area contributed by atoms with Crippen LogP contribution in [0.25, 0.3) is 10.2 Å². The molecule has 2 aromatic carbocycles. The number of nitrogens with zero attached hydrogens (tertiary/aromatic N) is 3. The third-order valence-electron chi connectivity index (χ3n) is 2.84. The van der Waals surface area contributed by atoms with Gasteiger partial charge in [-0.3, -0.25) is 0 Å². The average Bonchev–Trinajstić information content (AvgIpc) is 2.93. The Balaban J connectivity index is 2.09. The summed E-state index contributed by atoms with van der Waals surface area (Å²) < 4.78 is 0.974. The number of fused-ring (bicyclic) bond motifs is 1. The number of thiazole rings is 1. The number of phenols is 1. The number of aromatic hydroxyl groups is 1. The second-order valence-corrected chi connectivity index (χ2v) is 6.16. The number of rotatable bonds is 2. The first-order valence-corrected chi connectivity index (χ1v) is 7.68. The average molecular weight is 348 g/mol. The van der Waals surface area contributed by atoms with Gasteiger partial charge >= 0.3 is 0 Å². The van der Waals surface area contributed by atoms with E-state index in [1.807, 2.05) is 30.3 Å². The zero-order chi connectivity index (χ0) is 15.7. The van der Waals surface area contributed by atoms with Crippen molar-refractivity contribution in [2.75, 3.05) is 0 Å². The van der Waals surface area contributed by atoms with Crippen LogP contribution in [0.4, 0.5) is 5.69 Å². The fraction of sp³-hybridized carbons (Fsp3) is 0. The van der Waals surface area contributed by atoms with Crippen LogP contribution in [0.2, 0.25) is 10.0 Å². The molecule has 22 heavy (non-hydrogen) atoms. The number of nitriles is 1. The minimum Gasteiger partial charge on any atom is -0.505 e. The van der Waals surface area contributed by atoms with Crippen molar-refractivity contribution in [1.82, 2.24) is 4.98 Å². The molecule has 0 saturated heterocycles. The lowest BCUT2D eigenvalue weighted by molar-refractivity contribution is 0.476. The molecule has 0 spiro atoms. The van der Waals surface area contributed by atoms with E-state index < -0.39 is 0 Å². The molecule has 1 heterocycles. The number of halogens is 2. The Bertz CT molecular complexity index is 887. The Morgan fingerprint density at radius 3 is 2.55 bits per heavy atom. The second-order valence-electron chi connectivity index (χ2n) is 4.32. The summed E-state index contributed by atoms with van der Waals surface area (Å²) >= 11 is 13.1. The quantitative estimate of drug-likeness (QED) is 0.666. The maximum atomic E-state index is 9.55. The van der Waals surface area contributed by atoms with Crippen LogP contribution in [0, 0.1) is 11.3 Å². The van der Waals surface area contributed by atoms with Crippen LogP contribution in [-0.2, 0) is 0 Å². The molecule has 0 amide bonds. The predicted molar refractivity (Wildman–Crippen MR) is 89.6 cm³/mol. The smallest absolute Gasteiger partial charge is 0.177 e. The summed E-state index contributed by atoms with van der Waals surface area (Å²) in [5, 5.41) is 19.5. The van der Waals surface area contributed by atoms with Gasteiger partial charge in [0.25, 0.3) is 0 Å². The van der Waals surface area contributed by atoms with Gasteiger partial charge in [0.2, 0.25) is 0 Å². The predicted octanol–water partition coefficient (Wildman–Crippen LogP) is 4.95. The summed E-state index contributed by atoms with van der Waals surface area (Å²) in [6, 6.07) is 12.5. The Labute approximate surface area is 139 Å². The van der Waals surface area contributed by atoms with Crippen LogP contribution < -0.4 is 0 Å². The Hall–Kier alpha value is -2.13. The molecular weight excluding hydrogens is 341 g/mol. The zero-order valence-electron chi connectivity index (χ0n) is 10.9. The van der Waals surface area contributed by atoms with E-state index in [2.05, 4.69) is 9.98 Å². The van der Waals surface area contributed by atoms with Crippen LogP contribution in [0.15, 0.2) is 41.4 Å². The first-order valence-electron chi connectivity index (χ1n) is 6.11. The first kappa shape index (κ1) is 14.8. The van der Waals surface area contributed by atoms with Crippen LogP contribution in [0.5, 0.6) is 5.75 Å². The van der Waals surface area contributed by atoms with Crippen molar-refractivity contribution in [3.8, 4) is 11.8 Å². The summed E-state index contributed by atoms with van der Waals surface area (Å²) in [5.74, 6) is -0.208. The second kappa shape index (κ2) is 5.93. The van der Waals surface area contributed by atoms with Gasteiger partial charge in [-0.1, -0.05) is 35.3 Å². The normalized spacial score (nSPS) is 11.6. The van der Waals surface area contributed by atoms with E-state index >= 15 is 0 Å². The zero-order valence-corrected chi connectivity index (χ0v) is 13.2. The van der Waals surface area contributed by atoms with Gasteiger partial charge in [0.05, 0.1) is 25.9 Å². The van der Waals surface area contributed by atoms with Crippen molar-refractivity contribution >= 4 is 56.2 Å². The summed E-state index contributed by atoms with van der Waals surface area (Å²) in [5.41, 5.74) is 1.36. The third kappa shape index (κ3) is 2.77. The molecular formula is C15H7Cl2N3OS. The summed E-state index contributed by atoms with van der Waals surface area (Å²) in [6.07, 6.45) is 0. The molecule has 3 aromatic rings. The first-order chi connectivity index (χ1) is 10.6. The fourth-order valence-electron chi connectivity index (χ4n) is 1.84. The summed E-state index contributed by atoms with van der Waals surface area (Å²) in [7, 11) is 0. The molecule has 108 valence electrons. The number of hydrogen-bond acceptors (Lipinski definition) is 5. The van der Waals surface area contributed by atoms with Crippen molar-refractivity contribution in [3.05, 3.63) is 51.5 Å². The number of para-hydroxylation sites is 1. The number of benzene rings is 2. The van der Waals surface area contributed by atoms with Gasteiger partial charge in [0, 0.05) is 0 Å². The van der Waals surface area contributed by atoms with Crippen molar-refractivity contribution in [1.29, 1.82) is 5.26 Å². The van der Waals surface area contributed by atoms with Gasteiger partial charge < -0.3 is 5.11 Å². The van der Waals surface area contributed by atoms with E-state index in [0.29, 0.717) is 10.7 Å². The molecule has 1 N–H and O–H groups in total. The largest absolute Gasteiger partial charge is 0.505 e.